The van der Waals surface area contributed by atoms with Crippen molar-refractivity contribution in [3.8, 4) is 0 Å². The fraction of sp³-hybridized carbons (Fsp3) is 0.435. The molecule has 1 atom stereocenters. The Hall–Kier alpha value is -2.13. The molecule has 3 nitrogen and oxygen atoms in total. The normalized spacial score (nSPS) is 20.7. The van der Waals surface area contributed by atoms with Crippen LogP contribution in [0.5, 0.6) is 0 Å². The first-order chi connectivity index (χ1) is 12.7. The fourth-order valence-corrected chi connectivity index (χ4v) is 4.30. The number of piperidine rings is 1. The minimum Gasteiger partial charge on any atom is -0.339 e. The molecule has 0 spiro atoms. The molecule has 0 bridgehead atoms. The molecular weight excluding hydrogens is 320 g/mol. The summed E-state index contributed by atoms with van der Waals surface area (Å²) in [6.07, 6.45) is 5.64. The van der Waals surface area contributed by atoms with Crippen molar-refractivity contribution in [3.05, 3.63) is 70.8 Å². The highest BCUT2D eigenvalue weighted by Gasteiger charge is 2.26. The van der Waals surface area contributed by atoms with Crippen molar-refractivity contribution >= 4 is 5.91 Å². The summed E-state index contributed by atoms with van der Waals surface area (Å²) in [7, 11) is 0. The molecule has 136 valence electrons. The number of fused-ring (bicyclic) bond motifs is 1. The van der Waals surface area contributed by atoms with Crippen LogP contribution in [0, 0.1) is 6.92 Å². The van der Waals surface area contributed by atoms with Crippen molar-refractivity contribution in [1.29, 1.82) is 0 Å². The number of amides is 1. The van der Waals surface area contributed by atoms with E-state index in [9.17, 15) is 4.79 Å². The summed E-state index contributed by atoms with van der Waals surface area (Å²) >= 11 is 0. The van der Waals surface area contributed by atoms with Gasteiger partial charge >= 0.3 is 0 Å². The Bertz CT molecular complexity index is 760. The molecule has 1 N–H and O–H groups in total. The van der Waals surface area contributed by atoms with Crippen LogP contribution in [-0.4, -0.2) is 36.0 Å². The van der Waals surface area contributed by atoms with Gasteiger partial charge in [0.1, 0.15) is 0 Å². The van der Waals surface area contributed by atoms with Crippen LogP contribution in [0.3, 0.4) is 0 Å². The lowest BCUT2D eigenvalue weighted by molar-refractivity contribution is 0.0701. The minimum absolute atomic E-state index is 0.176. The molecule has 0 aromatic heterocycles. The Kier molecular flexibility index (Phi) is 5.07. The van der Waals surface area contributed by atoms with Gasteiger partial charge in [-0.15, -0.1) is 0 Å². The molecule has 26 heavy (non-hydrogen) atoms. The Balaban J connectivity index is 1.29. The lowest BCUT2D eigenvalue weighted by Crippen LogP contribution is -2.49. The van der Waals surface area contributed by atoms with Gasteiger partial charge in [-0.2, -0.15) is 0 Å². The number of benzene rings is 2. The van der Waals surface area contributed by atoms with Gasteiger partial charge in [-0.1, -0.05) is 42.0 Å². The molecule has 3 heteroatoms. The predicted molar refractivity (Wildman–Crippen MR) is 105 cm³/mol. The van der Waals surface area contributed by atoms with Crippen LogP contribution in [0.1, 0.15) is 46.3 Å². The number of rotatable bonds is 3. The monoisotopic (exact) mass is 348 g/mol. The first-order valence-corrected chi connectivity index (χ1v) is 9.88. The number of hydrogen-bond donors (Lipinski definition) is 1. The highest BCUT2D eigenvalue weighted by Crippen LogP contribution is 2.23. The molecule has 1 heterocycles. The Labute approximate surface area is 156 Å². The second kappa shape index (κ2) is 7.63. The molecule has 0 saturated carbocycles. The number of carbonyl (C=O) groups is 1. The number of nitrogens with zero attached hydrogens (tertiary/aromatic N) is 1. The zero-order chi connectivity index (χ0) is 17.9. The third-order valence-electron chi connectivity index (χ3n) is 5.90. The Morgan fingerprint density at radius 1 is 0.923 bits per heavy atom. The second-order valence-electron chi connectivity index (χ2n) is 7.81. The molecule has 4 rings (SSSR count). The zero-order valence-corrected chi connectivity index (χ0v) is 15.6. The van der Waals surface area contributed by atoms with Crippen LogP contribution in [0.4, 0.5) is 0 Å². The van der Waals surface area contributed by atoms with Crippen molar-refractivity contribution in [1.82, 2.24) is 10.2 Å². The van der Waals surface area contributed by atoms with E-state index in [4.69, 9.17) is 0 Å². The van der Waals surface area contributed by atoms with Crippen molar-refractivity contribution < 1.29 is 4.79 Å². The largest absolute Gasteiger partial charge is 0.339 e. The van der Waals surface area contributed by atoms with Gasteiger partial charge in [-0.05, 0) is 62.3 Å². The smallest absolute Gasteiger partial charge is 0.253 e. The van der Waals surface area contributed by atoms with E-state index in [0.717, 1.165) is 37.9 Å². The average molecular weight is 348 g/mol. The first-order valence-electron chi connectivity index (χ1n) is 9.88. The number of aryl methyl sites for hydroxylation is 2. The van der Waals surface area contributed by atoms with Crippen molar-refractivity contribution in [2.75, 3.05) is 13.1 Å². The number of nitrogens with one attached hydrogen (secondary N) is 1. The zero-order valence-electron chi connectivity index (χ0n) is 15.6. The summed E-state index contributed by atoms with van der Waals surface area (Å²) in [5.41, 5.74) is 5.02. The lowest BCUT2D eigenvalue weighted by atomic mass is 9.87. The van der Waals surface area contributed by atoms with E-state index in [1.165, 1.54) is 29.5 Å². The quantitative estimate of drug-likeness (QED) is 0.916. The molecule has 2 aromatic carbocycles. The van der Waals surface area contributed by atoms with Crippen LogP contribution >= 0.6 is 0 Å². The lowest BCUT2D eigenvalue weighted by Gasteiger charge is -2.36. The van der Waals surface area contributed by atoms with Crippen LogP contribution < -0.4 is 5.32 Å². The number of carbonyl (C=O) groups excluding carboxylic acids is 1. The maximum atomic E-state index is 12.7. The van der Waals surface area contributed by atoms with E-state index in [2.05, 4.69) is 36.5 Å². The Morgan fingerprint density at radius 2 is 1.62 bits per heavy atom. The number of likely N-dealkylation sites (tertiary alicyclic amines) is 1. The Morgan fingerprint density at radius 3 is 2.35 bits per heavy atom. The van der Waals surface area contributed by atoms with Crippen molar-refractivity contribution in [3.63, 3.8) is 0 Å². The number of hydrogen-bond acceptors (Lipinski definition) is 2. The van der Waals surface area contributed by atoms with Gasteiger partial charge in [0.15, 0.2) is 0 Å². The first kappa shape index (κ1) is 17.3. The molecule has 1 amide bonds. The van der Waals surface area contributed by atoms with Gasteiger partial charge < -0.3 is 10.2 Å². The molecule has 1 fully saturated rings. The van der Waals surface area contributed by atoms with Gasteiger partial charge in [-0.25, -0.2) is 0 Å². The molecule has 1 aliphatic heterocycles. The summed E-state index contributed by atoms with van der Waals surface area (Å²) in [5, 5.41) is 3.87. The van der Waals surface area contributed by atoms with Gasteiger partial charge in [0.25, 0.3) is 5.91 Å². The van der Waals surface area contributed by atoms with Gasteiger partial charge in [0.2, 0.25) is 0 Å². The molecular formula is C23H28N2O. The SMILES string of the molecule is Cc1ccc(C(=O)N2CCC(N[C@@H]3CCc4ccccc4C3)CC2)cc1. The highest BCUT2D eigenvalue weighted by atomic mass is 16.2. The van der Waals surface area contributed by atoms with E-state index in [-0.39, 0.29) is 5.91 Å². The van der Waals surface area contributed by atoms with Gasteiger partial charge in [-0.3, -0.25) is 4.79 Å². The highest BCUT2D eigenvalue weighted by molar-refractivity contribution is 5.94. The van der Waals surface area contributed by atoms with E-state index in [1.807, 2.05) is 29.2 Å². The predicted octanol–water partition coefficient (Wildman–Crippen LogP) is 3.75. The summed E-state index contributed by atoms with van der Waals surface area (Å²) < 4.78 is 0. The van der Waals surface area contributed by atoms with Gasteiger partial charge in [0, 0.05) is 30.7 Å². The molecule has 0 radical (unpaired) electrons. The second-order valence-corrected chi connectivity index (χ2v) is 7.81. The van der Waals surface area contributed by atoms with Crippen LogP contribution in [-0.2, 0) is 12.8 Å². The van der Waals surface area contributed by atoms with E-state index in [1.54, 1.807) is 0 Å². The van der Waals surface area contributed by atoms with Gasteiger partial charge in [0.05, 0.1) is 0 Å². The molecule has 1 saturated heterocycles. The van der Waals surface area contributed by atoms with Crippen molar-refractivity contribution in [2.24, 2.45) is 0 Å². The molecule has 1 aliphatic carbocycles. The molecule has 2 aromatic rings. The maximum Gasteiger partial charge on any atom is 0.253 e. The average Bonchev–Trinajstić information content (AvgIpc) is 2.68. The fourth-order valence-electron chi connectivity index (χ4n) is 4.30. The molecule has 2 aliphatic rings. The van der Waals surface area contributed by atoms with E-state index < -0.39 is 0 Å². The topological polar surface area (TPSA) is 32.3 Å². The van der Waals surface area contributed by atoms with Crippen LogP contribution in [0.2, 0.25) is 0 Å². The summed E-state index contributed by atoms with van der Waals surface area (Å²) in [4.78, 5) is 14.7. The van der Waals surface area contributed by atoms with E-state index in [0.29, 0.717) is 12.1 Å². The third-order valence-corrected chi connectivity index (χ3v) is 5.90. The third kappa shape index (κ3) is 3.83. The molecule has 0 unspecified atom stereocenters. The van der Waals surface area contributed by atoms with E-state index >= 15 is 0 Å². The summed E-state index contributed by atoms with van der Waals surface area (Å²) in [6, 6.07) is 17.9. The standard InChI is InChI=1S/C23H28N2O/c1-17-6-8-19(9-7-17)23(26)25-14-12-21(13-15-25)24-22-11-10-18-4-2-3-5-20(18)16-22/h2-9,21-22,24H,10-16H2,1H3/t22-/m1/s1. The van der Waals surface area contributed by atoms with Crippen LogP contribution in [0.25, 0.3) is 0 Å². The minimum atomic E-state index is 0.176. The van der Waals surface area contributed by atoms with Crippen LogP contribution in [0.15, 0.2) is 48.5 Å². The summed E-state index contributed by atoms with van der Waals surface area (Å²) in [6.45, 7) is 3.76. The maximum absolute atomic E-state index is 12.7. The summed E-state index contributed by atoms with van der Waals surface area (Å²) in [5.74, 6) is 0.176. The van der Waals surface area contributed by atoms with Crippen molar-refractivity contribution in [2.45, 2.75) is 51.1 Å².